The Balaban J connectivity index is 0.000000172. The molecule has 0 bridgehead atoms. The van der Waals surface area contributed by atoms with Gasteiger partial charge in [0.2, 0.25) is 0 Å². The molecule has 5 N–H and O–H groups in total. The fraction of sp³-hybridized carbons (Fsp3) is 0.0400. The molecule has 0 radical (unpaired) electrons. The van der Waals surface area contributed by atoms with Gasteiger partial charge in [0.25, 0.3) is 0 Å². The number of rotatable bonds is 6. The quantitative estimate of drug-likeness (QED) is 0.0992. The van der Waals surface area contributed by atoms with E-state index in [1.165, 1.54) is 65.0 Å². The summed E-state index contributed by atoms with van der Waals surface area (Å²) >= 11 is 3.02. The van der Waals surface area contributed by atoms with E-state index in [0.717, 1.165) is 0 Å². The maximum Gasteiger partial charge on any atom is 0.146 e. The highest BCUT2D eigenvalue weighted by Gasteiger charge is 2.05. The maximum atomic E-state index is 13.2. The van der Waals surface area contributed by atoms with Gasteiger partial charge in [0.05, 0.1) is 32.9 Å². The third-order valence-corrected chi connectivity index (χ3v) is 8.97. The van der Waals surface area contributed by atoms with Crippen LogP contribution >= 0.6 is 15.9 Å². The van der Waals surface area contributed by atoms with Gasteiger partial charge in [-0.15, -0.1) is 0 Å². The molecule has 8 aromatic carbocycles. The number of anilines is 7. The van der Waals surface area contributed by atoms with Crippen molar-refractivity contribution in [1.29, 1.82) is 0 Å². The van der Waals surface area contributed by atoms with Crippen molar-refractivity contribution in [2.24, 2.45) is 0 Å². The first-order valence-electron chi connectivity index (χ1n) is 18.7. The lowest BCUT2D eigenvalue weighted by molar-refractivity contribution is 0.621. The van der Waals surface area contributed by atoms with Crippen LogP contribution in [0.25, 0.3) is 0 Å². The maximum absolute atomic E-state index is 13.2. The van der Waals surface area contributed by atoms with E-state index in [0.29, 0.717) is 4.47 Å². The second-order valence-electron chi connectivity index (χ2n) is 12.9. The van der Waals surface area contributed by atoms with Crippen molar-refractivity contribution >= 4 is 55.7 Å². The molecule has 0 aliphatic heterocycles. The number of nitrogens with two attached hydrogens (primary N) is 1. The van der Waals surface area contributed by atoms with E-state index in [1.54, 1.807) is 103 Å². The van der Waals surface area contributed by atoms with Gasteiger partial charge in [0.15, 0.2) is 0 Å². The highest BCUT2D eigenvalue weighted by Crippen LogP contribution is 2.24. The van der Waals surface area contributed by atoms with Crippen LogP contribution in [0.15, 0.2) is 199 Å². The minimum absolute atomic E-state index is 0.201. The minimum Gasteiger partial charge on any atom is -0.396 e. The largest absolute Gasteiger partial charge is 0.396 e. The molecular weight excluding hydrogens is 850 g/mol. The summed E-state index contributed by atoms with van der Waals surface area (Å²) < 4.78 is 77.9. The standard InChI is InChI=1S/C14H15N.2C12H9F2N.C6H4BrF.C6H6FN/c1-11-7-3-5-9-13(11)15-14-10-6-4-8-12(14)2;2*13-9-5-1-3-7-11(9)15-12-8-4-2-6-10(12)14;2*7-5-3-1-2-4-6(5)8/h3-10,15H,1-2H3;2*1-8,15H;1-4H;1-4H,8H2. The van der Waals surface area contributed by atoms with Crippen LogP contribution in [0, 0.1) is 48.8 Å². The van der Waals surface area contributed by atoms with Crippen molar-refractivity contribution in [3.63, 3.8) is 0 Å². The molecule has 0 spiro atoms. The third kappa shape index (κ3) is 16.0. The number of halogens is 7. The fourth-order valence-electron chi connectivity index (χ4n) is 5.03. The van der Waals surface area contributed by atoms with Crippen LogP contribution in [-0.2, 0) is 0 Å². The zero-order valence-corrected chi connectivity index (χ0v) is 34.8. The number of nitrogens with one attached hydrogen (secondary N) is 3. The Morgan fingerprint density at radius 2 is 0.557 bits per heavy atom. The molecule has 0 amide bonds. The van der Waals surface area contributed by atoms with Crippen molar-refractivity contribution in [1.82, 2.24) is 0 Å². The lowest BCUT2D eigenvalue weighted by Crippen LogP contribution is -1.95. The molecule has 8 aromatic rings. The predicted octanol–water partition coefficient (Wildman–Crippen LogP) is 15.5. The van der Waals surface area contributed by atoms with Crippen LogP contribution in [0.5, 0.6) is 0 Å². The van der Waals surface area contributed by atoms with E-state index in [2.05, 4.69) is 82.1 Å². The van der Waals surface area contributed by atoms with Gasteiger partial charge < -0.3 is 21.7 Å². The van der Waals surface area contributed by atoms with Crippen LogP contribution in [0.3, 0.4) is 0 Å². The average Bonchev–Trinajstić information content (AvgIpc) is 3.26. The Bertz CT molecular complexity index is 2140. The molecule has 0 saturated heterocycles. The smallest absolute Gasteiger partial charge is 0.146 e. The summed E-state index contributed by atoms with van der Waals surface area (Å²) in [6.45, 7) is 4.22. The van der Waals surface area contributed by atoms with Crippen molar-refractivity contribution in [3.8, 4) is 0 Å². The Hall–Kier alpha value is -6.98. The molecule has 11 heteroatoms. The molecule has 312 valence electrons. The number of aryl methyl sites for hydroxylation is 2. The molecule has 0 aliphatic rings. The summed E-state index contributed by atoms with van der Waals surface area (Å²) in [4.78, 5) is 0. The number of hydrogen-bond acceptors (Lipinski definition) is 4. The van der Waals surface area contributed by atoms with Crippen molar-refractivity contribution in [2.75, 3.05) is 21.7 Å². The lowest BCUT2D eigenvalue weighted by atomic mass is 10.1. The summed E-state index contributed by atoms with van der Waals surface area (Å²) in [6.07, 6.45) is 0. The molecule has 0 aromatic heterocycles. The van der Waals surface area contributed by atoms with E-state index in [-0.39, 0.29) is 40.1 Å². The van der Waals surface area contributed by atoms with Gasteiger partial charge in [-0.1, -0.05) is 109 Å². The number of para-hydroxylation sites is 7. The summed E-state index contributed by atoms with van der Waals surface area (Å²) in [5.41, 5.74) is 11.3. The Morgan fingerprint density at radius 1 is 0.311 bits per heavy atom. The van der Waals surface area contributed by atoms with Gasteiger partial charge >= 0.3 is 0 Å². The van der Waals surface area contributed by atoms with Crippen LogP contribution < -0.4 is 21.7 Å². The van der Waals surface area contributed by atoms with Gasteiger partial charge in [-0.25, -0.2) is 26.3 Å². The van der Waals surface area contributed by atoms with Gasteiger partial charge in [-0.2, -0.15) is 0 Å². The molecule has 0 fully saturated rings. The molecule has 0 saturated carbocycles. The Kier molecular flexibility index (Phi) is 19.0. The van der Waals surface area contributed by atoms with Crippen LogP contribution in [0.2, 0.25) is 0 Å². The van der Waals surface area contributed by atoms with E-state index < -0.39 is 23.3 Å². The third-order valence-electron chi connectivity index (χ3n) is 8.32. The minimum atomic E-state index is -0.402. The van der Waals surface area contributed by atoms with Gasteiger partial charge in [0, 0.05) is 11.4 Å². The monoisotopic (exact) mass is 892 g/mol. The van der Waals surface area contributed by atoms with Crippen LogP contribution in [-0.4, -0.2) is 0 Å². The molecule has 0 heterocycles. The zero-order valence-electron chi connectivity index (χ0n) is 33.2. The number of hydrogen-bond donors (Lipinski definition) is 4. The Labute approximate surface area is 360 Å². The molecule has 0 aliphatic carbocycles. The second-order valence-corrected chi connectivity index (χ2v) is 13.7. The van der Waals surface area contributed by atoms with Crippen molar-refractivity contribution < 1.29 is 26.3 Å². The molecule has 0 atom stereocenters. The second kappa shape index (κ2) is 24.8. The summed E-state index contributed by atoms with van der Waals surface area (Å²) in [7, 11) is 0. The zero-order chi connectivity index (χ0) is 44.0. The first-order valence-corrected chi connectivity index (χ1v) is 19.5. The number of benzene rings is 8. The Morgan fingerprint density at radius 3 is 0.803 bits per heavy atom. The van der Waals surface area contributed by atoms with Crippen LogP contribution in [0.4, 0.5) is 66.2 Å². The number of nitrogen functional groups attached to an aromatic ring is 1. The molecule has 8 rings (SSSR count). The molecule has 61 heavy (non-hydrogen) atoms. The normalized spacial score (nSPS) is 9.79. The van der Waals surface area contributed by atoms with E-state index in [4.69, 9.17) is 5.73 Å². The topological polar surface area (TPSA) is 62.1 Å². The van der Waals surface area contributed by atoms with Crippen molar-refractivity contribution in [3.05, 3.63) is 245 Å². The van der Waals surface area contributed by atoms with Gasteiger partial charge in [-0.05, 0) is 126 Å². The molecule has 4 nitrogen and oxygen atoms in total. The van der Waals surface area contributed by atoms with E-state index >= 15 is 0 Å². The highest BCUT2D eigenvalue weighted by atomic mass is 79.9. The van der Waals surface area contributed by atoms with Crippen LogP contribution in [0.1, 0.15) is 11.1 Å². The molecule has 0 unspecified atom stereocenters. The van der Waals surface area contributed by atoms with Gasteiger partial charge in [-0.3, -0.25) is 0 Å². The predicted molar refractivity (Wildman–Crippen MR) is 243 cm³/mol. The van der Waals surface area contributed by atoms with Gasteiger partial charge in [0.1, 0.15) is 34.9 Å². The summed E-state index contributed by atoms with van der Waals surface area (Å²) in [6, 6.07) is 53.9. The molecular formula is C50H43BrF6N4. The van der Waals surface area contributed by atoms with E-state index in [1.807, 2.05) is 12.1 Å². The summed E-state index contributed by atoms with van der Waals surface area (Å²) in [5, 5.41) is 8.82. The summed E-state index contributed by atoms with van der Waals surface area (Å²) in [5.74, 6) is -2.18. The fourth-order valence-corrected chi connectivity index (χ4v) is 5.31. The van der Waals surface area contributed by atoms with Crippen molar-refractivity contribution in [2.45, 2.75) is 13.8 Å². The lowest BCUT2D eigenvalue weighted by Gasteiger charge is -2.11. The average molecular weight is 894 g/mol. The first kappa shape index (κ1) is 46.7. The van der Waals surface area contributed by atoms with E-state index in [9.17, 15) is 26.3 Å². The SMILES string of the molecule is Cc1ccccc1Nc1ccccc1C.Fc1ccccc1Br.Fc1ccccc1Nc1ccccc1F.Fc1ccccc1Nc1ccccc1F.Nc1ccccc1F. The highest BCUT2D eigenvalue weighted by molar-refractivity contribution is 9.10. The first-order chi connectivity index (χ1) is 29.4.